The smallest absolute Gasteiger partial charge is 0.215 e. The molecule has 2 heterocycles. The Morgan fingerprint density at radius 2 is 1.93 bits per heavy atom. The van der Waals surface area contributed by atoms with E-state index in [2.05, 4.69) is 27.4 Å². The normalized spacial score (nSPS) is 43.1. The lowest BCUT2D eigenvalue weighted by atomic mass is 9.77. The quantitative estimate of drug-likeness (QED) is 0.589. The third-order valence-corrected chi connectivity index (χ3v) is 10.6. The van der Waals surface area contributed by atoms with Crippen LogP contribution in [0.15, 0.2) is 0 Å². The van der Waals surface area contributed by atoms with Gasteiger partial charge in [-0.3, -0.25) is 9.69 Å². The van der Waals surface area contributed by atoms with Gasteiger partial charge >= 0.3 is 0 Å². The van der Waals surface area contributed by atoms with Crippen molar-refractivity contribution in [1.29, 1.82) is 0 Å². The number of rotatable bonds is 6. The summed E-state index contributed by atoms with van der Waals surface area (Å²) in [7, 11) is -3.32. The number of hydrazine groups is 1. The predicted molar refractivity (Wildman–Crippen MR) is 110 cm³/mol. The fourth-order valence-corrected chi connectivity index (χ4v) is 8.34. The minimum absolute atomic E-state index is 0.0772. The van der Waals surface area contributed by atoms with E-state index in [1.807, 2.05) is 18.7 Å². The molecule has 0 spiro atoms. The number of carbonyl (C=O) groups is 1. The Morgan fingerprint density at radius 1 is 1.18 bits per heavy atom. The molecular weight excluding hydrogens is 396 g/mol. The van der Waals surface area contributed by atoms with Gasteiger partial charge in [0, 0.05) is 30.0 Å². The lowest BCUT2D eigenvalue weighted by Crippen LogP contribution is -2.51. The monoisotopic (exact) mass is 428 g/mol. The number of thioether (sulfide) groups is 1. The van der Waals surface area contributed by atoms with E-state index in [1.54, 1.807) is 0 Å². The molecule has 9 heteroatoms. The molecule has 3 aliphatic carbocycles. The van der Waals surface area contributed by atoms with Crippen molar-refractivity contribution >= 4 is 27.6 Å². The Labute approximate surface area is 172 Å². The molecule has 5 rings (SSSR count). The second-order valence-corrected chi connectivity index (χ2v) is 13.2. The van der Waals surface area contributed by atoms with Gasteiger partial charge < -0.3 is 0 Å². The van der Waals surface area contributed by atoms with Crippen LogP contribution in [0, 0.1) is 17.8 Å². The van der Waals surface area contributed by atoms with E-state index in [1.165, 1.54) is 0 Å². The number of Topliss-reactive ketones (excluding diaryl/α,β-unsaturated/α-hetero) is 1. The van der Waals surface area contributed by atoms with Gasteiger partial charge in [-0.05, 0) is 64.7 Å². The molecule has 158 valence electrons. The number of hydrogen-bond acceptors (Lipinski definition) is 7. The average Bonchev–Trinajstić information content (AvgIpc) is 3.54. The van der Waals surface area contributed by atoms with Crippen LogP contribution in [0.2, 0.25) is 0 Å². The lowest BCUT2D eigenvalue weighted by molar-refractivity contribution is -0.125. The standard InChI is InChI=1S/C19H32N4O3S2/c1-11-20-21-18(27-11)23-10-15(17(24)12-3-4-12)14-6-5-13(9-16(14)23)28(25,26)22-19(2)7-8-19/h11-16,18,20-22H,3-10H2,1-2H3. The van der Waals surface area contributed by atoms with Gasteiger partial charge in [0.05, 0.1) is 10.6 Å². The first-order valence-corrected chi connectivity index (χ1v) is 13.2. The molecule has 5 aliphatic rings. The molecule has 2 saturated heterocycles. The maximum atomic E-state index is 13.0. The van der Waals surface area contributed by atoms with E-state index in [9.17, 15) is 13.2 Å². The summed E-state index contributed by atoms with van der Waals surface area (Å²) in [6.45, 7) is 4.88. The van der Waals surface area contributed by atoms with Gasteiger partial charge in [0.2, 0.25) is 10.0 Å². The molecule has 0 radical (unpaired) electrons. The Hall–Kier alpha value is -0.190. The van der Waals surface area contributed by atoms with Crippen molar-refractivity contribution in [3.8, 4) is 0 Å². The summed E-state index contributed by atoms with van der Waals surface area (Å²) in [6, 6.07) is 0.159. The summed E-state index contributed by atoms with van der Waals surface area (Å²) >= 11 is 1.81. The number of nitrogens with one attached hydrogen (secondary N) is 3. The molecule has 0 amide bonds. The molecule has 6 atom stereocenters. The van der Waals surface area contributed by atoms with E-state index in [0.717, 1.165) is 38.6 Å². The molecule has 5 fully saturated rings. The molecule has 7 nitrogen and oxygen atoms in total. The van der Waals surface area contributed by atoms with Gasteiger partial charge in [-0.15, -0.1) is 11.8 Å². The summed E-state index contributed by atoms with van der Waals surface area (Å²) in [6.07, 6.45) is 6.10. The lowest BCUT2D eigenvalue weighted by Gasteiger charge is -2.38. The van der Waals surface area contributed by atoms with E-state index >= 15 is 0 Å². The van der Waals surface area contributed by atoms with Gasteiger partial charge in [0.1, 0.15) is 11.3 Å². The van der Waals surface area contributed by atoms with E-state index in [4.69, 9.17) is 0 Å². The summed E-state index contributed by atoms with van der Waals surface area (Å²) in [5.74, 6) is 1.08. The molecule has 28 heavy (non-hydrogen) atoms. The fraction of sp³-hybridized carbons (Fsp3) is 0.947. The minimum atomic E-state index is -3.32. The molecule has 0 bridgehead atoms. The fourth-order valence-electron chi connectivity index (χ4n) is 5.33. The van der Waals surface area contributed by atoms with Crippen molar-refractivity contribution < 1.29 is 13.2 Å². The number of sulfonamides is 1. The van der Waals surface area contributed by atoms with Crippen molar-refractivity contribution in [2.75, 3.05) is 6.54 Å². The molecule has 2 aliphatic heterocycles. The highest BCUT2D eigenvalue weighted by molar-refractivity contribution is 8.00. The van der Waals surface area contributed by atoms with E-state index in [0.29, 0.717) is 29.9 Å². The van der Waals surface area contributed by atoms with Crippen molar-refractivity contribution in [1.82, 2.24) is 20.5 Å². The van der Waals surface area contributed by atoms with Gasteiger partial charge in [-0.2, -0.15) is 0 Å². The van der Waals surface area contributed by atoms with E-state index in [-0.39, 0.29) is 34.2 Å². The van der Waals surface area contributed by atoms with Crippen molar-refractivity contribution in [3.63, 3.8) is 0 Å². The molecule has 3 saturated carbocycles. The molecule has 3 N–H and O–H groups in total. The van der Waals surface area contributed by atoms with Crippen LogP contribution in [0.1, 0.15) is 58.8 Å². The van der Waals surface area contributed by atoms with Crippen molar-refractivity contribution in [3.05, 3.63) is 0 Å². The number of carbonyl (C=O) groups excluding carboxylic acids is 1. The molecule has 0 aromatic heterocycles. The SMILES string of the molecule is CC1NNC(N2CC(C(=O)C3CC3)C3CCC(S(=O)(=O)NC4(C)CC4)CC32)S1. The Kier molecular flexibility index (Phi) is 4.88. The second-order valence-electron chi connectivity index (χ2n) is 9.77. The van der Waals surface area contributed by atoms with Gasteiger partial charge in [0.15, 0.2) is 0 Å². The van der Waals surface area contributed by atoms with Crippen LogP contribution in [0.3, 0.4) is 0 Å². The maximum Gasteiger partial charge on any atom is 0.215 e. The zero-order chi connectivity index (χ0) is 19.7. The van der Waals surface area contributed by atoms with E-state index < -0.39 is 10.0 Å². The molecule has 6 unspecified atom stereocenters. The highest BCUT2D eigenvalue weighted by atomic mass is 32.2. The highest BCUT2D eigenvalue weighted by Crippen LogP contribution is 2.48. The minimum Gasteiger partial charge on any atom is -0.299 e. The third-order valence-electron chi connectivity index (χ3n) is 7.39. The first-order valence-electron chi connectivity index (χ1n) is 10.7. The summed E-state index contributed by atoms with van der Waals surface area (Å²) in [5.41, 5.74) is 6.49. The van der Waals surface area contributed by atoms with Gasteiger partial charge in [0.25, 0.3) is 0 Å². The number of nitrogens with zero attached hydrogens (tertiary/aromatic N) is 1. The molecule has 0 aromatic carbocycles. The van der Waals surface area contributed by atoms with Crippen molar-refractivity contribution in [2.24, 2.45) is 17.8 Å². The Bertz CT molecular complexity index is 752. The summed E-state index contributed by atoms with van der Waals surface area (Å²) < 4.78 is 29.0. The van der Waals surface area contributed by atoms with Crippen LogP contribution in [-0.4, -0.2) is 53.3 Å². The third kappa shape index (κ3) is 3.67. The van der Waals surface area contributed by atoms with Crippen LogP contribution in [0.5, 0.6) is 0 Å². The van der Waals surface area contributed by atoms with Crippen molar-refractivity contribution in [2.45, 2.75) is 86.5 Å². The van der Waals surface area contributed by atoms with Crippen LogP contribution < -0.4 is 15.6 Å². The highest BCUT2D eigenvalue weighted by Gasteiger charge is 2.54. The second kappa shape index (κ2) is 6.92. The zero-order valence-corrected chi connectivity index (χ0v) is 18.3. The predicted octanol–water partition coefficient (Wildman–Crippen LogP) is 1.38. The largest absolute Gasteiger partial charge is 0.299 e. The molecule has 0 aromatic rings. The first kappa shape index (κ1) is 19.8. The molecular formula is C19H32N4O3S2. The first-order chi connectivity index (χ1) is 13.3. The Morgan fingerprint density at radius 3 is 2.54 bits per heavy atom. The van der Waals surface area contributed by atoms with Crippen LogP contribution in [0.4, 0.5) is 0 Å². The number of ketones is 1. The topological polar surface area (TPSA) is 90.5 Å². The van der Waals surface area contributed by atoms with Crippen LogP contribution >= 0.6 is 11.8 Å². The number of hydrogen-bond donors (Lipinski definition) is 3. The van der Waals surface area contributed by atoms with Gasteiger partial charge in [-0.1, -0.05) is 0 Å². The van der Waals surface area contributed by atoms with Crippen LogP contribution in [-0.2, 0) is 14.8 Å². The number of fused-ring (bicyclic) bond motifs is 1. The summed E-state index contributed by atoms with van der Waals surface area (Å²) in [4.78, 5) is 15.3. The van der Waals surface area contributed by atoms with Crippen LogP contribution in [0.25, 0.3) is 0 Å². The Balaban J connectivity index is 1.36. The average molecular weight is 429 g/mol. The van der Waals surface area contributed by atoms with Gasteiger partial charge in [-0.25, -0.2) is 24.0 Å². The zero-order valence-electron chi connectivity index (χ0n) is 16.7. The number of likely N-dealkylation sites (tertiary alicyclic amines) is 1. The summed E-state index contributed by atoms with van der Waals surface area (Å²) in [5, 5.41) is -0.0403. The maximum absolute atomic E-state index is 13.0.